The Bertz CT molecular complexity index is 839. The van der Waals surface area contributed by atoms with Gasteiger partial charge in [0.25, 0.3) is 0 Å². The van der Waals surface area contributed by atoms with Crippen LogP contribution in [0.4, 0.5) is 0 Å². The van der Waals surface area contributed by atoms with Crippen molar-refractivity contribution in [2.24, 2.45) is 0 Å². The molecule has 2 nitrogen and oxygen atoms in total. The zero-order valence-corrected chi connectivity index (χ0v) is 16.2. The van der Waals surface area contributed by atoms with Crippen LogP contribution in [0.3, 0.4) is 0 Å². The molecule has 0 aliphatic heterocycles. The van der Waals surface area contributed by atoms with Gasteiger partial charge in [-0.15, -0.1) is 0 Å². The van der Waals surface area contributed by atoms with Crippen LogP contribution in [0.5, 0.6) is 0 Å². The smallest absolute Gasteiger partial charge is 0.112 e. The molecule has 0 aliphatic carbocycles. The van der Waals surface area contributed by atoms with Crippen molar-refractivity contribution in [1.82, 2.24) is 9.55 Å². The first-order valence-corrected chi connectivity index (χ1v) is 11.4. The molecule has 0 radical (unpaired) electrons. The molecule has 1 heterocycles. The van der Waals surface area contributed by atoms with Gasteiger partial charge in [0, 0.05) is 25.4 Å². The SMILES string of the molecule is c1ccc([P+](CCCn2ccnc2)(c2ccccc2)c2ccccc2)cc1. The molecule has 3 aromatic carbocycles. The summed E-state index contributed by atoms with van der Waals surface area (Å²) in [6, 6.07) is 33.2. The molecule has 27 heavy (non-hydrogen) atoms. The summed E-state index contributed by atoms with van der Waals surface area (Å²) in [7, 11) is -1.71. The van der Waals surface area contributed by atoms with Crippen molar-refractivity contribution in [2.75, 3.05) is 6.16 Å². The fraction of sp³-hybridized carbons (Fsp3) is 0.125. The highest BCUT2D eigenvalue weighted by molar-refractivity contribution is 7.95. The first-order chi connectivity index (χ1) is 13.4. The van der Waals surface area contributed by atoms with Crippen LogP contribution in [0, 0.1) is 0 Å². The minimum atomic E-state index is -1.71. The lowest BCUT2D eigenvalue weighted by Gasteiger charge is -2.27. The standard InChI is InChI=1S/C24H24N2P/c1-4-11-22(12-5-1)27(23-13-6-2-7-14-23,24-15-8-3-9-16-24)20-10-18-26-19-17-25-21-26/h1-9,11-17,19,21H,10,18,20H2/q+1. The van der Waals surface area contributed by atoms with Gasteiger partial charge in [0.1, 0.15) is 23.2 Å². The first-order valence-electron chi connectivity index (χ1n) is 9.40. The Kier molecular flexibility index (Phi) is 5.46. The number of aryl methyl sites for hydroxylation is 1. The summed E-state index contributed by atoms with van der Waals surface area (Å²) in [6.45, 7) is 0.994. The Balaban J connectivity index is 1.81. The number of imidazole rings is 1. The van der Waals surface area contributed by atoms with Gasteiger partial charge in [0.05, 0.1) is 12.5 Å². The molecule has 0 atom stereocenters. The monoisotopic (exact) mass is 371 g/mol. The van der Waals surface area contributed by atoms with Gasteiger partial charge in [-0.2, -0.15) is 0 Å². The van der Waals surface area contributed by atoms with Gasteiger partial charge in [0.2, 0.25) is 0 Å². The number of hydrogen-bond acceptors (Lipinski definition) is 1. The van der Waals surface area contributed by atoms with E-state index >= 15 is 0 Å². The fourth-order valence-corrected chi connectivity index (χ4v) is 8.12. The van der Waals surface area contributed by atoms with Crippen molar-refractivity contribution in [3.05, 3.63) is 110 Å². The van der Waals surface area contributed by atoms with E-state index in [1.54, 1.807) is 0 Å². The molecule has 4 aromatic rings. The van der Waals surface area contributed by atoms with Crippen LogP contribution in [0.25, 0.3) is 0 Å². The number of aromatic nitrogens is 2. The third-order valence-corrected chi connectivity index (χ3v) is 9.59. The van der Waals surface area contributed by atoms with Gasteiger partial charge in [-0.25, -0.2) is 4.98 Å². The van der Waals surface area contributed by atoms with E-state index in [-0.39, 0.29) is 0 Å². The number of hydrogen-bond donors (Lipinski definition) is 0. The van der Waals surface area contributed by atoms with Crippen molar-refractivity contribution in [1.29, 1.82) is 0 Å². The quantitative estimate of drug-likeness (QED) is 0.444. The molecule has 4 rings (SSSR count). The summed E-state index contributed by atoms with van der Waals surface area (Å²) in [5.74, 6) is 0. The Morgan fingerprint density at radius 2 is 1.15 bits per heavy atom. The third kappa shape index (κ3) is 3.72. The second-order valence-corrected chi connectivity index (χ2v) is 10.3. The van der Waals surface area contributed by atoms with E-state index in [2.05, 4.69) is 101 Å². The topological polar surface area (TPSA) is 17.8 Å². The summed E-state index contributed by atoms with van der Waals surface area (Å²) in [5.41, 5.74) is 0. The van der Waals surface area contributed by atoms with Gasteiger partial charge in [-0.1, -0.05) is 54.6 Å². The highest BCUT2D eigenvalue weighted by Gasteiger charge is 2.44. The van der Waals surface area contributed by atoms with Crippen LogP contribution in [0.2, 0.25) is 0 Å². The van der Waals surface area contributed by atoms with Crippen LogP contribution in [-0.2, 0) is 6.54 Å². The van der Waals surface area contributed by atoms with Crippen LogP contribution >= 0.6 is 7.26 Å². The van der Waals surface area contributed by atoms with E-state index in [1.807, 2.05) is 18.7 Å². The molecule has 0 saturated carbocycles. The molecule has 0 amide bonds. The average Bonchev–Trinajstić information content (AvgIpc) is 3.27. The Labute approximate surface area is 161 Å². The number of rotatable bonds is 7. The molecule has 0 bridgehead atoms. The average molecular weight is 371 g/mol. The zero-order valence-electron chi connectivity index (χ0n) is 15.4. The summed E-state index contributed by atoms with van der Waals surface area (Å²) in [5, 5.41) is 4.36. The largest absolute Gasteiger partial charge is 0.337 e. The van der Waals surface area contributed by atoms with Gasteiger partial charge in [-0.05, 0) is 36.4 Å². The number of nitrogens with zero attached hydrogens (tertiary/aromatic N) is 2. The summed E-state index contributed by atoms with van der Waals surface area (Å²) >= 11 is 0. The van der Waals surface area contributed by atoms with Crippen molar-refractivity contribution in [2.45, 2.75) is 13.0 Å². The molecule has 3 heteroatoms. The maximum Gasteiger partial charge on any atom is 0.112 e. The molecule has 0 unspecified atom stereocenters. The van der Waals surface area contributed by atoms with Gasteiger partial charge in [-0.3, -0.25) is 0 Å². The predicted octanol–water partition coefficient (Wildman–Crippen LogP) is 4.27. The normalized spacial score (nSPS) is 11.4. The first kappa shape index (κ1) is 17.7. The lowest BCUT2D eigenvalue weighted by molar-refractivity contribution is 0.681. The molecule has 134 valence electrons. The van der Waals surface area contributed by atoms with E-state index < -0.39 is 7.26 Å². The van der Waals surface area contributed by atoms with E-state index in [9.17, 15) is 0 Å². The van der Waals surface area contributed by atoms with Crippen LogP contribution < -0.4 is 15.9 Å². The minimum absolute atomic E-state index is 0.994. The highest BCUT2D eigenvalue weighted by Crippen LogP contribution is 2.55. The van der Waals surface area contributed by atoms with Crippen molar-refractivity contribution < 1.29 is 0 Å². The zero-order chi connectivity index (χ0) is 18.4. The third-order valence-electron chi connectivity index (χ3n) is 5.06. The highest BCUT2D eigenvalue weighted by atomic mass is 31.2. The Morgan fingerprint density at radius 3 is 1.56 bits per heavy atom. The summed E-state index contributed by atoms with van der Waals surface area (Å²) in [4.78, 5) is 4.18. The van der Waals surface area contributed by atoms with Crippen LogP contribution in [0.1, 0.15) is 6.42 Å². The Morgan fingerprint density at radius 1 is 0.667 bits per heavy atom. The second-order valence-electron chi connectivity index (χ2n) is 6.69. The summed E-state index contributed by atoms with van der Waals surface area (Å²) < 4.78 is 2.18. The van der Waals surface area contributed by atoms with Gasteiger partial charge < -0.3 is 4.57 Å². The lowest BCUT2D eigenvalue weighted by atomic mass is 10.3. The van der Waals surface area contributed by atoms with Crippen LogP contribution in [-0.4, -0.2) is 15.7 Å². The van der Waals surface area contributed by atoms with E-state index in [0.717, 1.165) is 19.1 Å². The van der Waals surface area contributed by atoms with Crippen molar-refractivity contribution >= 4 is 23.2 Å². The maximum atomic E-state index is 4.18. The van der Waals surface area contributed by atoms with E-state index in [0.29, 0.717) is 0 Å². The molecule has 0 fully saturated rings. The van der Waals surface area contributed by atoms with Gasteiger partial charge in [0.15, 0.2) is 0 Å². The molecule has 0 aliphatic rings. The van der Waals surface area contributed by atoms with Crippen molar-refractivity contribution in [3.63, 3.8) is 0 Å². The van der Waals surface area contributed by atoms with E-state index in [4.69, 9.17) is 0 Å². The second kappa shape index (κ2) is 8.33. The fourth-order valence-electron chi connectivity index (χ4n) is 3.79. The molecule has 0 spiro atoms. The minimum Gasteiger partial charge on any atom is -0.337 e. The van der Waals surface area contributed by atoms with E-state index in [1.165, 1.54) is 15.9 Å². The molecule has 1 aromatic heterocycles. The lowest BCUT2D eigenvalue weighted by Crippen LogP contribution is -2.33. The maximum absolute atomic E-state index is 4.18. The molecule has 0 N–H and O–H groups in total. The molecule has 0 saturated heterocycles. The van der Waals surface area contributed by atoms with Crippen LogP contribution in [0.15, 0.2) is 110 Å². The summed E-state index contributed by atoms with van der Waals surface area (Å²) in [6.07, 6.45) is 8.07. The van der Waals surface area contributed by atoms with Crippen molar-refractivity contribution in [3.8, 4) is 0 Å². The number of benzene rings is 3. The van der Waals surface area contributed by atoms with Gasteiger partial charge >= 0.3 is 0 Å². The predicted molar refractivity (Wildman–Crippen MR) is 117 cm³/mol. The molecular formula is C24H24N2P+. The Hall–Kier alpha value is -2.70. The molecular weight excluding hydrogens is 347 g/mol.